The van der Waals surface area contributed by atoms with Gasteiger partial charge in [-0.3, -0.25) is 4.79 Å². The standard InChI is InChI=1S/C16H20FN3O3/c1-2-13(10-21)18-14(22)4-3-5-15-19-16(20-23-15)11-6-8-12(17)9-7-11/h6-9,13,21H,2-5,10H2,1H3,(H,18,22). The summed E-state index contributed by atoms with van der Waals surface area (Å²) < 4.78 is 18.0. The van der Waals surface area contributed by atoms with E-state index in [-0.39, 0.29) is 24.4 Å². The topological polar surface area (TPSA) is 88.2 Å². The highest BCUT2D eigenvalue weighted by atomic mass is 19.1. The lowest BCUT2D eigenvalue weighted by Gasteiger charge is -2.13. The molecule has 7 heteroatoms. The first-order valence-corrected chi connectivity index (χ1v) is 7.61. The molecule has 0 saturated carbocycles. The Morgan fingerprint density at radius 3 is 2.78 bits per heavy atom. The molecule has 1 heterocycles. The Bertz CT molecular complexity index is 624. The van der Waals surface area contributed by atoms with Gasteiger partial charge in [-0.1, -0.05) is 12.1 Å². The van der Waals surface area contributed by atoms with Crippen LogP contribution in [0, 0.1) is 5.82 Å². The third kappa shape index (κ3) is 5.14. The van der Waals surface area contributed by atoms with E-state index in [1.54, 1.807) is 12.1 Å². The van der Waals surface area contributed by atoms with Crippen LogP contribution in [0.15, 0.2) is 28.8 Å². The van der Waals surface area contributed by atoms with Gasteiger partial charge in [0.15, 0.2) is 0 Å². The number of amides is 1. The molecule has 1 aromatic heterocycles. The molecular weight excluding hydrogens is 301 g/mol. The van der Waals surface area contributed by atoms with Gasteiger partial charge in [0.25, 0.3) is 0 Å². The van der Waals surface area contributed by atoms with E-state index in [0.717, 1.165) is 0 Å². The van der Waals surface area contributed by atoms with Gasteiger partial charge in [0.2, 0.25) is 17.6 Å². The molecule has 23 heavy (non-hydrogen) atoms. The number of aliphatic hydroxyl groups excluding tert-OH is 1. The number of halogens is 1. The Morgan fingerprint density at radius 2 is 2.13 bits per heavy atom. The summed E-state index contributed by atoms with van der Waals surface area (Å²) >= 11 is 0. The lowest BCUT2D eigenvalue weighted by molar-refractivity contribution is -0.122. The largest absolute Gasteiger partial charge is 0.394 e. The third-order valence-corrected chi connectivity index (χ3v) is 3.44. The van der Waals surface area contributed by atoms with Crippen molar-refractivity contribution in [3.05, 3.63) is 36.0 Å². The van der Waals surface area contributed by atoms with E-state index < -0.39 is 0 Å². The van der Waals surface area contributed by atoms with Crippen LogP contribution in [0.25, 0.3) is 11.4 Å². The highest BCUT2D eigenvalue weighted by Gasteiger charge is 2.11. The van der Waals surface area contributed by atoms with E-state index in [0.29, 0.717) is 43.0 Å². The van der Waals surface area contributed by atoms with Gasteiger partial charge in [-0.25, -0.2) is 4.39 Å². The third-order valence-electron chi connectivity index (χ3n) is 3.44. The van der Waals surface area contributed by atoms with E-state index in [1.165, 1.54) is 12.1 Å². The fourth-order valence-corrected chi connectivity index (χ4v) is 2.05. The summed E-state index contributed by atoms with van der Waals surface area (Å²) in [6.45, 7) is 1.84. The lowest BCUT2D eigenvalue weighted by atomic mass is 10.2. The predicted octanol–water partition coefficient (Wildman–Crippen LogP) is 2.09. The Hall–Kier alpha value is -2.28. The summed E-state index contributed by atoms with van der Waals surface area (Å²) in [4.78, 5) is 15.9. The molecule has 124 valence electrons. The first-order chi connectivity index (χ1) is 11.1. The van der Waals surface area contributed by atoms with Crippen molar-refractivity contribution in [3.63, 3.8) is 0 Å². The molecule has 6 nitrogen and oxygen atoms in total. The second-order valence-corrected chi connectivity index (χ2v) is 5.23. The number of hydrogen-bond donors (Lipinski definition) is 2. The lowest BCUT2D eigenvalue weighted by Crippen LogP contribution is -2.36. The van der Waals surface area contributed by atoms with E-state index in [4.69, 9.17) is 9.63 Å². The van der Waals surface area contributed by atoms with Gasteiger partial charge in [0.05, 0.1) is 12.6 Å². The summed E-state index contributed by atoms with van der Waals surface area (Å²) in [6.07, 6.45) is 2.06. The van der Waals surface area contributed by atoms with Gasteiger partial charge >= 0.3 is 0 Å². The Kier molecular flexibility index (Phi) is 6.22. The van der Waals surface area contributed by atoms with Gasteiger partial charge in [-0.05, 0) is 37.1 Å². The minimum Gasteiger partial charge on any atom is -0.394 e. The van der Waals surface area contributed by atoms with Crippen LogP contribution in [0.1, 0.15) is 32.1 Å². The minimum absolute atomic E-state index is 0.0626. The van der Waals surface area contributed by atoms with E-state index in [1.807, 2.05) is 6.92 Å². The summed E-state index contributed by atoms with van der Waals surface area (Å²) in [6, 6.07) is 5.63. The van der Waals surface area contributed by atoms with Gasteiger partial charge < -0.3 is 14.9 Å². The van der Waals surface area contributed by atoms with E-state index in [2.05, 4.69) is 15.5 Å². The molecule has 2 aromatic rings. The number of nitrogens with zero attached hydrogens (tertiary/aromatic N) is 2. The molecule has 2 rings (SSSR count). The summed E-state index contributed by atoms with van der Waals surface area (Å²) in [5, 5.41) is 15.6. The number of nitrogens with one attached hydrogen (secondary N) is 1. The molecule has 0 bridgehead atoms. The molecule has 0 spiro atoms. The van der Waals surface area contributed by atoms with Gasteiger partial charge in [-0.2, -0.15) is 4.98 Å². The zero-order valence-electron chi connectivity index (χ0n) is 13.0. The van der Waals surface area contributed by atoms with Crippen molar-refractivity contribution in [1.29, 1.82) is 0 Å². The first-order valence-electron chi connectivity index (χ1n) is 7.61. The monoisotopic (exact) mass is 321 g/mol. The average Bonchev–Trinajstić information content (AvgIpc) is 3.02. The first kappa shape index (κ1) is 17.1. The predicted molar refractivity (Wildman–Crippen MR) is 81.9 cm³/mol. The van der Waals surface area contributed by atoms with Crippen molar-refractivity contribution in [2.24, 2.45) is 0 Å². The molecule has 2 N–H and O–H groups in total. The molecule has 0 aliphatic carbocycles. The molecule has 0 aliphatic heterocycles. The number of aryl methyl sites for hydroxylation is 1. The molecule has 1 unspecified atom stereocenters. The van der Waals surface area contributed by atoms with Gasteiger partial charge in [0, 0.05) is 18.4 Å². The highest BCUT2D eigenvalue weighted by Crippen LogP contribution is 2.16. The fourth-order valence-electron chi connectivity index (χ4n) is 2.05. The van der Waals surface area contributed by atoms with Crippen LogP contribution in [0.5, 0.6) is 0 Å². The number of aliphatic hydroxyl groups is 1. The molecule has 1 aromatic carbocycles. The second-order valence-electron chi connectivity index (χ2n) is 5.23. The highest BCUT2D eigenvalue weighted by molar-refractivity contribution is 5.76. The maximum atomic E-state index is 12.9. The molecule has 1 amide bonds. The smallest absolute Gasteiger partial charge is 0.226 e. The van der Waals surface area contributed by atoms with Crippen LogP contribution in [0.3, 0.4) is 0 Å². The zero-order chi connectivity index (χ0) is 16.7. The van der Waals surface area contributed by atoms with Crippen LogP contribution in [0.2, 0.25) is 0 Å². The Morgan fingerprint density at radius 1 is 1.39 bits per heavy atom. The van der Waals surface area contributed by atoms with Crippen LogP contribution in [-0.2, 0) is 11.2 Å². The number of benzene rings is 1. The molecule has 1 atom stereocenters. The number of aromatic nitrogens is 2. The van der Waals surface area contributed by atoms with Crippen molar-refractivity contribution in [2.45, 2.75) is 38.6 Å². The van der Waals surface area contributed by atoms with Gasteiger partial charge in [-0.15, -0.1) is 0 Å². The molecule has 0 fully saturated rings. The van der Waals surface area contributed by atoms with Crippen LogP contribution in [0.4, 0.5) is 4.39 Å². The van der Waals surface area contributed by atoms with E-state index in [9.17, 15) is 9.18 Å². The Balaban J connectivity index is 1.81. The minimum atomic E-state index is -0.322. The average molecular weight is 321 g/mol. The normalized spacial score (nSPS) is 12.1. The second kappa shape index (κ2) is 8.38. The fraction of sp³-hybridized carbons (Fsp3) is 0.438. The van der Waals surface area contributed by atoms with Crippen LogP contribution >= 0.6 is 0 Å². The van der Waals surface area contributed by atoms with Gasteiger partial charge in [0.1, 0.15) is 5.82 Å². The van der Waals surface area contributed by atoms with Crippen molar-refractivity contribution in [1.82, 2.24) is 15.5 Å². The molecule has 0 aliphatic rings. The zero-order valence-corrected chi connectivity index (χ0v) is 13.0. The van der Waals surface area contributed by atoms with Crippen LogP contribution < -0.4 is 5.32 Å². The van der Waals surface area contributed by atoms with Crippen molar-refractivity contribution >= 4 is 5.91 Å². The maximum absolute atomic E-state index is 12.9. The van der Waals surface area contributed by atoms with E-state index >= 15 is 0 Å². The number of carbonyl (C=O) groups excluding carboxylic acids is 1. The van der Waals surface area contributed by atoms with Crippen molar-refractivity contribution in [2.75, 3.05) is 6.61 Å². The molecule has 0 saturated heterocycles. The summed E-state index contributed by atoms with van der Waals surface area (Å²) in [7, 11) is 0. The molecule has 0 radical (unpaired) electrons. The maximum Gasteiger partial charge on any atom is 0.226 e. The summed E-state index contributed by atoms with van der Waals surface area (Å²) in [5.74, 6) is 0.406. The SMILES string of the molecule is CCC(CO)NC(=O)CCCc1nc(-c2ccc(F)cc2)no1. The number of rotatable bonds is 8. The van der Waals surface area contributed by atoms with Crippen molar-refractivity contribution in [3.8, 4) is 11.4 Å². The Labute approximate surface area is 133 Å². The number of carbonyl (C=O) groups is 1. The number of hydrogen-bond acceptors (Lipinski definition) is 5. The summed E-state index contributed by atoms with van der Waals surface area (Å²) in [5.41, 5.74) is 0.674. The molecular formula is C16H20FN3O3. The van der Waals surface area contributed by atoms with Crippen molar-refractivity contribution < 1.29 is 18.8 Å². The van der Waals surface area contributed by atoms with Crippen LogP contribution in [-0.4, -0.2) is 33.8 Å². The quantitative estimate of drug-likeness (QED) is 0.777.